The maximum atomic E-state index is 12.4. The van der Waals surface area contributed by atoms with Gasteiger partial charge in [-0.1, -0.05) is 6.07 Å². The van der Waals surface area contributed by atoms with Crippen LogP contribution < -0.4 is 10.0 Å². The minimum Gasteiger partial charge on any atom is -0.314 e. The predicted octanol–water partition coefficient (Wildman–Crippen LogP) is 0.619. The molecule has 0 bridgehead atoms. The van der Waals surface area contributed by atoms with Gasteiger partial charge in [-0.25, -0.2) is 13.1 Å². The van der Waals surface area contributed by atoms with Gasteiger partial charge in [-0.05, 0) is 33.0 Å². The van der Waals surface area contributed by atoms with Crippen molar-refractivity contribution in [1.82, 2.24) is 25.2 Å². The summed E-state index contributed by atoms with van der Waals surface area (Å²) < 4.78 is 27.4. The van der Waals surface area contributed by atoms with Crippen molar-refractivity contribution in [3.63, 3.8) is 0 Å². The molecule has 0 amide bonds. The summed E-state index contributed by atoms with van der Waals surface area (Å²) in [6.07, 6.45) is 0. The third kappa shape index (κ3) is 3.66. The summed E-state index contributed by atoms with van der Waals surface area (Å²) in [6.45, 7) is 4.08. The molecule has 0 atom stereocenters. The second kappa shape index (κ2) is 6.33. The molecule has 0 saturated heterocycles. The van der Waals surface area contributed by atoms with E-state index >= 15 is 0 Å². The van der Waals surface area contributed by atoms with E-state index in [1.165, 1.54) is 0 Å². The fourth-order valence-corrected chi connectivity index (χ4v) is 3.41. The maximum absolute atomic E-state index is 12.4. The number of pyridine rings is 1. The first-order chi connectivity index (χ1) is 9.94. The zero-order chi connectivity index (χ0) is 15.5. The first-order valence-corrected chi connectivity index (χ1v) is 8.03. The number of rotatable bonds is 6. The van der Waals surface area contributed by atoms with Gasteiger partial charge in [0.15, 0.2) is 0 Å². The van der Waals surface area contributed by atoms with Gasteiger partial charge < -0.3 is 5.32 Å². The van der Waals surface area contributed by atoms with Crippen LogP contribution in [0.2, 0.25) is 0 Å². The third-order valence-corrected chi connectivity index (χ3v) is 4.57. The van der Waals surface area contributed by atoms with Crippen molar-refractivity contribution in [2.24, 2.45) is 0 Å². The monoisotopic (exact) mass is 309 g/mol. The number of aryl methyl sites for hydroxylation is 2. The van der Waals surface area contributed by atoms with Crippen molar-refractivity contribution in [2.45, 2.75) is 31.8 Å². The van der Waals surface area contributed by atoms with E-state index in [9.17, 15) is 8.42 Å². The average Bonchev–Trinajstić information content (AvgIpc) is 2.79. The van der Waals surface area contributed by atoms with Crippen LogP contribution in [0.25, 0.3) is 0 Å². The van der Waals surface area contributed by atoms with E-state index in [4.69, 9.17) is 0 Å². The molecule has 0 aliphatic rings. The quantitative estimate of drug-likeness (QED) is 0.726. The van der Waals surface area contributed by atoms with Gasteiger partial charge in [0.05, 0.1) is 23.6 Å². The molecule has 3 N–H and O–H groups in total. The molecule has 0 fully saturated rings. The number of aromatic nitrogens is 3. The summed E-state index contributed by atoms with van der Waals surface area (Å²) in [7, 11) is -1.89. The molecule has 0 aromatic carbocycles. The van der Waals surface area contributed by atoms with Crippen LogP contribution in [0.15, 0.2) is 23.1 Å². The van der Waals surface area contributed by atoms with Crippen LogP contribution in [-0.2, 0) is 23.1 Å². The van der Waals surface area contributed by atoms with Gasteiger partial charge in [0.25, 0.3) is 0 Å². The van der Waals surface area contributed by atoms with E-state index in [1.807, 2.05) is 19.1 Å². The molecular weight excluding hydrogens is 290 g/mol. The molecule has 0 aliphatic heterocycles. The van der Waals surface area contributed by atoms with E-state index in [1.54, 1.807) is 20.0 Å². The Labute approximate surface area is 124 Å². The van der Waals surface area contributed by atoms with Gasteiger partial charge in [-0.15, -0.1) is 0 Å². The van der Waals surface area contributed by atoms with Crippen LogP contribution in [0.4, 0.5) is 0 Å². The van der Waals surface area contributed by atoms with Crippen molar-refractivity contribution < 1.29 is 8.42 Å². The Kier molecular flexibility index (Phi) is 4.71. The Bertz CT molecular complexity index is 724. The summed E-state index contributed by atoms with van der Waals surface area (Å²) >= 11 is 0. The number of nitrogens with zero attached hydrogens (tertiary/aromatic N) is 2. The average molecular weight is 309 g/mol. The van der Waals surface area contributed by atoms with Crippen LogP contribution in [0.1, 0.15) is 22.8 Å². The third-order valence-electron chi connectivity index (χ3n) is 2.96. The van der Waals surface area contributed by atoms with E-state index in [0.717, 1.165) is 5.69 Å². The lowest BCUT2D eigenvalue weighted by molar-refractivity contribution is 0.577. The van der Waals surface area contributed by atoms with E-state index < -0.39 is 10.0 Å². The van der Waals surface area contributed by atoms with E-state index in [0.29, 0.717) is 23.6 Å². The lowest BCUT2D eigenvalue weighted by Gasteiger charge is -2.08. The highest BCUT2D eigenvalue weighted by Gasteiger charge is 2.23. The fourth-order valence-electron chi connectivity index (χ4n) is 2.05. The van der Waals surface area contributed by atoms with Crippen molar-refractivity contribution in [2.75, 3.05) is 7.05 Å². The number of H-pyrrole nitrogens is 1. The standard InChI is InChI=1S/C13H19N5O2S/c1-9-5-4-6-11(16-9)7-15-21(19,20)13-10(2)17-18-12(13)8-14-3/h4-6,14-15H,7-8H2,1-3H3,(H,17,18). The lowest BCUT2D eigenvalue weighted by Crippen LogP contribution is -2.25. The molecule has 0 saturated carbocycles. The van der Waals surface area contributed by atoms with Gasteiger partial charge in [0.1, 0.15) is 4.90 Å². The summed E-state index contributed by atoms with van der Waals surface area (Å²) in [5.74, 6) is 0. The number of sulfonamides is 1. The maximum Gasteiger partial charge on any atom is 0.244 e. The molecule has 2 heterocycles. The van der Waals surface area contributed by atoms with Crippen LogP contribution >= 0.6 is 0 Å². The second-order valence-corrected chi connectivity index (χ2v) is 6.45. The fraction of sp³-hybridized carbons (Fsp3) is 0.385. The molecule has 2 rings (SSSR count). The van der Waals surface area contributed by atoms with E-state index in [2.05, 4.69) is 25.2 Å². The highest BCUT2D eigenvalue weighted by atomic mass is 32.2. The Balaban J connectivity index is 2.21. The normalized spacial score (nSPS) is 11.8. The molecule has 7 nitrogen and oxygen atoms in total. The highest BCUT2D eigenvalue weighted by Crippen LogP contribution is 2.17. The van der Waals surface area contributed by atoms with Gasteiger partial charge >= 0.3 is 0 Å². The predicted molar refractivity (Wildman–Crippen MR) is 79.1 cm³/mol. The molecule has 2 aromatic rings. The smallest absolute Gasteiger partial charge is 0.244 e. The topological polar surface area (TPSA) is 99.8 Å². The van der Waals surface area contributed by atoms with Gasteiger partial charge in [-0.2, -0.15) is 5.10 Å². The van der Waals surface area contributed by atoms with Gasteiger partial charge in [0, 0.05) is 12.2 Å². The molecule has 2 aromatic heterocycles. The summed E-state index contributed by atoms with van der Waals surface area (Å²) in [4.78, 5) is 4.47. The Morgan fingerprint density at radius 3 is 2.67 bits per heavy atom. The van der Waals surface area contributed by atoms with E-state index in [-0.39, 0.29) is 11.4 Å². The number of hydrogen-bond donors (Lipinski definition) is 3. The Morgan fingerprint density at radius 2 is 2.00 bits per heavy atom. The lowest BCUT2D eigenvalue weighted by atomic mass is 10.3. The van der Waals surface area contributed by atoms with Crippen LogP contribution in [0.3, 0.4) is 0 Å². The number of aromatic amines is 1. The number of nitrogens with one attached hydrogen (secondary N) is 3. The zero-order valence-corrected chi connectivity index (χ0v) is 13.1. The number of hydrogen-bond acceptors (Lipinski definition) is 5. The Hall–Kier alpha value is -1.77. The minimum atomic E-state index is -3.64. The largest absolute Gasteiger partial charge is 0.314 e. The Morgan fingerprint density at radius 1 is 1.24 bits per heavy atom. The molecule has 8 heteroatoms. The SMILES string of the molecule is CNCc1n[nH]c(C)c1S(=O)(=O)NCc1cccc(C)n1. The van der Waals surface area contributed by atoms with Crippen molar-refractivity contribution in [3.05, 3.63) is 41.0 Å². The molecular formula is C13H19N5O2S. The summed E-state index contributed by atoms with van der Waals surface area (Å²) in [6, 6.07) is 5.50. The molecule has 0 unspecified atom stereocenters. The molecule has 0 aliphatic carbocycles. The summed E-state index contributed by atoms with van der Waals surface area (Å²) in [5.41, 5.74) is 2.52. The van der Waals surface area contributed by atoms with Crippen LogP contribution in [0.5, 0.6) is 0 Å². The molecule has 0 radical (unpaired) electrons. The van der Waals surface area contributed by atoms with Crippen molar-refractivity contribution in [3.8, 4) is 0 Å². The summed E-state index contributed by atoms with van der Waals surface area (Å²) in [5, 5.41) is 9.63. The molecule has 21 heavy (non-hydrogen) atoms. The first-order valence-electron chi connectivity index (χ1n) is 6.54. The molecule has 114 valence electrons. The van der Waals surface area contributed by atoms with Crippen LogP contribution in [-0.4, -0.2) is 30.6 Å². The minimum absolute atomic E-state index is 0.146. The first kappa shape index (κ1) is 15.6. The van der Waals surface area contributed by atoms with Crippen LogP contribution in [0, 0.1) is 13.8 Å². The van der Waals surface area contributed by atoms with Gasteiger partial charge in [0.2, 0.25) is 10.0 Å². The second-order valence-electron chi connectivity index (χ2n) is 4.75. The van der Waals surface area contributed by atoms with Crippen molar-refractivity contribution >= 4 is 10.0 Å². The molecule has 0 spiro atoms. The highest BCUT2D eigenvalue weighted by molar-refractivity contribution is 7.89. The zero-order valence-electron chi connectivity index (χ0n) is 12.3. The van der Waals surface area contributed by atoms with Crippen molar-refractivity contribution in [1.29, 1.82) is 0 Å². The van der Waals surface area contributed by atoms with Gasteiger partial charge in [-0.3, -0.25) is 10.1 Å².